The number of amides is 1. The minimum Gasteiger partial charge on any atom is -0.346 e. The van der Waals surface area contributed by atoms with Crippen LogP contribution in [0.3, 0.4) is 0 Å². The van der Waals surface area contributed by atoms with E-state index in [0.29, 0.717) is 17.9 Å². The summed E-state index contributed by atoms with van der Waals surface area (Å²) in [6.07, 6.45) is 1.87. The fourth-order valence-electron chi connectivity index (χ4n) is 3.05. The van der Waals surface area contributed by atoms with Crippen LogP contribution in [0.2, 0.25) is 0 Å². The third-order valence-electron chi connectivity index (χ3n) is 4.31. The first-order valence-electron chi connectivity index (χ1n) is 8.46. The van der Waals surface area contributed by atoms with Gasteiger partial charge < -0.3 is 5.32 Å². The quantitative estimate of drug-likeness (QED) is 0.404. The first-order valence-corrected chi connectivity index (χ1v) is 9.75. The van der Waals surface area contributed by atoms with Crippen molar-refractivity contribution in [3.63, 3.8) is 0 Å². The second kappa shape index (κ2) is 7.40. The third-order valence-corrected chi connectivity index (χ3v) is 5.19. The van der Waals surface area contributed by atoms with Crippen molar-refractivity contribution in [2.75, 3.05) is 6.54 Å². The van der Waals surface area contributed by atoms with Gasteiger partial charge in [0.15, 0.2) is 4.96 Å². The Bertz CT molecular complexity index is 1190. The van der Waals surface area contributed by atoms with E-state index in [1.54, 1.807) is 0 Å². The van der Waals surface area contributed by atoms with Crippen molar-refractivity contribution in [2.45, 2.75) is 13.0 Å². The van der Waals surface area contributed by atoms with E-state index in [1.807, 2.05) is 41.1 Å². The molecule has 2 aromatic carbocycles. The van der Waals surface area contributed by atoms with Crippen molar-refractivity contribution in [1.29, 1.82) is 0 Å². The molecule has 1 N–H and O–H groups in total. The molecular formula is C20H16N4OS2. The van der Waals surface area contributed by atoms with Crippen LogP contribution in [0.1, 0.15) is 17.4 Å². The number of hydrogen-bond donors (Lipinski definition) is 1. The van der Waals surface area contributed by atoms with Gasteiger partial charge in [-0.3, -0.25) is 9.20 Å². The zero-order valence-corrected chi connectivity index (χ0v) is 16.2. The molecule has 0 saturated carbocycles. The predicted octanol–water partition coefficient (Wildman–Crippen LogP) is 4.44. The molecule has 0 aliphatic carbocycles. The SMILES string of the molecule is CC(CN=C=S)NC(=O)c1c(-c2ccc3ccccc3c2)nc2sccn12. The van der Waals surface area contributed by atoms with Gasteiger partial charge >= 0.3 is 0 Å². The summed E-state index contributed by atoms with van der Waals surface area (Å²) in [7, 11) is 0. The van der Waals surface area contributed by atoms with Gasteiger partial charge in [-0.2, -0.15) is 0 Å². The number of imidazole rings is 1. The summed E-state index contributed by atoms with van der Waals surface area (Å²) in [6, 6.07) is 14.1. The second-order valence-electron chi connectivity index (χ2n) is 6.23. The molecule has 2 aromatic heterocycles. The molecule has 0 aliphatic heterocycles. The number of nitrogens with zero attached hydrogens (tertiary/aromatic N) is 3. The van der Waals surface area contributed by atoms with Crippen molar-refractivity contribution >= 4 is 50.4 Å². The minimum absolute atomic E-state index is 0.151. The lowest BCUT2D eigenvalue weighted by Crippen LogP contribution is -2.35. The molecule has 4 rings (SSSR count). The number of rotatable bonds is 5. The summed E-state index contributed by atoms with van der Waals surface area (Å²) in [6.45, 7) is 2.28. The molecule has 0 saturated heterocycles. The summed E-state index contributed by atoms with van der Waals surface area (Å²) in [4.78, 5) is 22.4. The fourth-order valence-corrected chi connectivity index (χ4v) is 3.84. The second-order valence-corrected chi connectivity index (χ2v) is 7.29. The van der Waals surface area contributed by atoms with Crippen LogP contribution in [0.25, 0.3) is 27.0 Å². The van der Waals surface area contributed by atoms with Gasteiger partial charge in [-0.15, -0.1) is 11.3 Å². The molecule has 0 aliphatic rings. The lowest BCUT2D eigenvalue weighted by atomic mass is 10.0. The Hall–Kier alpha value is -2.86. The van der Waals surface area contributed by atoms with Crippen molar-refractivity contribution < 1.29 is 4.79 Å². The fraction of sp³-hybridized carbons (Fsp3) is 0.150. The van der Waals surface area contributed by atoms with E-state index in [4.69, 9.17) is 4.98 Å². The standard InChI is InChI=1S/C20H16N4OS2/c1-13(11-21-12-26)22-19(25)18-17(23-20-24(18)8-9-27-20)16-7-6-14-4-2-3-5-15(14)10-16/h2-10,13H,11H2,1H3,(H,22,25). The average Bonchev–Trinajstić information content (AvgIpc) is 3.26. The molecule has 0 bridgehead atoms. The normalized spacial score (nSPS) is 12.0. The molecular weight excluding hydrogens is 376 g/mol. The van der Waals surface area contributed by atoms with Crippen molar-refractivity contribution in [1.82, 2.24) is 14.7 Å². The Kier molecular flexibility index (Phi) is 4.81. The number of thiocarbonyl (C=S) groups is 1. The molecule has 2 heterocycles. The van der Waals surface area contributed by atoms with Gasteiger partial charge in [0.1, 0.15) is 11.4 Å². The number of aliphatic imine (C=N–C) groups is 1. The van der Waals surface area contributed by atoms with E-state index < -0.39 is 0 Å². The Morgan fingerprint density at radius 2 is 2.15 bits per heavy atom. The van der Waals surface area contributed by atoms with Crippen molar-refractivity contribution in [3.8, 4) is 11.3 Å². The molecule has 27 heavy (non-hydrogen) atoms. The molecule has 1 unspecified atom stereocenters. The van der Waals surface area contributed by atoms with E-state index in [1.165, 1.54) is 11.3 Å². The van der Waals surface area contributed by atoms with Gasteiger partial charge in [0, 0.05) is 23.2 Å². The number of thiazole rings is 1. The smallest absolute Gasteiger partial charge is 0.270 e. The van der Waals surface area contributed by atoms with Gasteiger partial charge in [-0.1, -0.05) is 36.4 Å². The zero-order valence-electron chi connectivity index (χ0n) is 14.5. The largest absolute Gasteiger partial charge is 0.346 e. The lowest BCUT2D eigenvalue weighted by Gasteiger charge is -2.12. The predicted molar refractivity (Wildman–Crippen MR) is 113 cm³/mol. The topological polar surface area (TPSA) is 58.8 Å². The van der Waals surface area contributed by atoms with Crippen LogP contribution in [0.15, 0.2) is 59.0 Å². The van der Waals surface area contributed by atoms with Gasteiger partial charge in [-0.25, -0.2) is 9.98 Å². The zero-order chi connectivity index (χ0) is 18.8. The summed E-state index contributed by atoms with van der Waals surface area (Å²) >= 11 is 6.10. The van der Waals surface area contributed by atoms with Crippen LogP contribution in [-0.4, -0.2) is 33.0 Å². The number of isothiocyanates is 1. The maximum atomic E-state index is 13.0. The number of fused-ring (bicyclic) bond motifs is 2. The highest BCUT2D eigenvalue weighted by Crippen LogP contribution is 2.29. The summed E-state index contributed by atoms with van der Waals surface area (Å²) in [5.74, 6) is -0.184. The first kappa shape index (κ1) is 17.5. The van der Waals surface area contributed by atoms with Crippen LogP contribution in [-0.2, 0) is 0 Å². The minimum atomic E-state index is -0.184. The van der Waals surface area contributed by atoms with Gasteiger partial charge in [0.05, 0.1) is 11.7 Å². The highest BCUT2D eigenvalue weighted by atomic mass is 32.1. The van der Waals surface area contributed by atoms with Crippen LogP contribution in [0, 0.1) is 0 Å². The number of benzene rings is 2. The number of carbonyl (C=O) groups excluding carboxylic acids is 1. The molecule has 4 aromatic rings. The van der Waals surface area contributed by atoms with Crippen molar-refractivity contribution in [3.05, 3.63) is 59.7 Å². The molecule has 7 heteroatoms. The van der Waals surface area contributed by atoms with Gasteiger partial charge in [-0.05, 0) is 36.0 Å². The summed E-state index contributed by atoms with van der Waals surface area (Å²) in [5.41, 5.74) is 2.12. The van der Waals surface area contributed by atoms with Crippen LogP contribution >= 0.6 is 23.6 Å². The van der Waals surface area contributed by atoms with Crippen LogP contribution < -0.4 is 5.32 Å². The van der Waals surface area contributed by atoms with E-state index in [9.17, 15) is 4.79 Å². The number of nitrogens with one attached hydrogen (secondary N) is 1. The van der Waals surface area contributed by atoms with Gasteiger partial charge in [0.25, 0.3) is 5.91 Å². The van der Waals surface area contributed by atoms with Gasteiger partial charge in [0.2, 0.25) is 0 Å². The Morgan fingerprint density at radius 3 is 2.96 bits per heavy atom. The highest BCUT2D eigenvalue weighted by Gasteiger charge is 2.22. The van der Waals surface area contributed by atoms with E-state index >= 15 is 0 Å². The molecule has 0 fully saturated rings. The molecule has 0 radical (unpaired) electrons. The lowest BCUT2D eigenvalue weighted by molar-refractivity contribution is 0.0936. The molecule has 5 nitrogen and oxygen atoms in total. The van der Waals surface area contributed by atoms with E-state index in [-0.39, 0.29) is 11.9 Å². The Balaban J connectivity index is 1.78. The first-order chi connectivity index (χ1) is 13.2. The molecule has 1 amide bonds. The monoisotopic (exact) mass is 392 g/mol. The van der Waals surface area contributed by atoms with Crippen LogP contribution in [0.4, 0.5) is 0 Å². The number of hydrogen-bond acceptors (Lipinski definition) is 5. The average molecular weight is 393 g/mol. The highest BCUT2D eigenvalue weighted by molar-refractivity contribution is 7.78. The number of carbonyl (C=O) groups is 1. The summed E-state index contributed by atoms with van der Waals surface area (Å²) < 4.78 is 1.83. The van der Waals surface area contributed by atoms with Crippen molar-refractivity contribution in [2.24, 2.45) is 4.99 Å². The Morgan fingerprint density at radius 1 is 1.33 bits per heavy atom. The number of aromatic nitrogens is 2. The molecule has 1 atom stereocenters. The maximum absolute atomic E-state index is 13.0. The van der Waals surface area contributed by atoms with E-state index in [2.05, 4.69) is 52.0 Å². The van der Waals surface area contributed by atoms with E-state index in [0.717, 1.165) is 21.3 Å². The molecule has 0 spiro atoms. The molecule has 134 valence electrons. The third kappa shape index (κ3) is 3.40. The summed E-state index contributed by atoms with van der Waals surface area (Å²) in [5, 5.41) is 9.48. The van der Waals surface area contributed by atoms with Crippen LogP contribution in [0.5, 0.6) is 0 Å². The maximum Gasteiger partial charge on any atom is 0.270 e. The Labute approximate surface area is 165 Å².